The van der Waals surface area contributed by atoms with E-state index in [-0.39, 0.29) is 18.0 Å². The Morgan fingerprint density at radius 1 is 1.24 bits per heavy atom. The summed E-state index contributed by atoms with van der Waals surface area (Å²) in [5, 5.41) is 3.11. The smallest absolute Gasteiger partial charge is 0.314 e. The highest BCUT2D eigenvalue weighted by atomic mass is 35.5. The van der Waals surface area contributed by atoms with Crippen molar-refractivity contribution in [2.45, 2.75) is 12.2 Å². The second-order valence-corrected chi connectivity index (χ2v) is 4.67. The second-order valence-electron chi connectivity index (χ2n) is 4.67. The third kappa shape index (κ3) is 3.96. The third-order valence-electron chi connectivity index (χ3n) is 3.42. The minimum absolute atomic E-state index is 0. The zero-order valence-corrected chi connectivity index (χ0v) is 12.1. The highest BCUT2D eigenvalue weighted by Crippen LogP contribution is 2.38. The van der Waals surface area contributed by atoms with Gasteiger partial charge in [0.25, 0.3) is 0 Å². The van der Waals surface area contributed by atoms with Gasteiger partial charge in [0.05, 0.1) is 11.6 Å². The maximum absolute atomic E-state index is 14.0. The number of nitrogens with zero attached hydrogens (tertiary/aromatic N) is 1. The van der Waals surface area contributed by atoms with E-state index >= 15 is 0 Å². The number of piperazine rings is 1. The Balaban J connectivity index is 0.00000220. The first kappa shape index (κ1) is 17.9. The first-order valence-electron chi connectivity index (χ1n) is 6.38. The fourth-order valence-corrected chi connectivity index (χ4v) is 2.49. The van der Waals surface area contributed by atoms with E-state index in [1.165, 1.54) is 6.08 Å². The molecule has 0 spiro atoms. The van der Waals surface area contributed by atoms with Gasteiger partial charge in [-0.3, -0.25) is 4.90 Å². The van der Waals surface area contributed by atoms with Gasteiger partial charge in [-0.05, 0) is 12.1 Å². The van der Waals surface area contributed by atoms with E-state index in [9.17, 15) is 17.6 Å². The van der Waals surface area contributed by atoms with Crippen LogP contribution in [0.15, 0.2) is 30.9 Å². The Hall–Kier alpha value is -1.11. The van der Waals surface area contributed by atoms with Crippen LogP contribution in [0.5, 0.6) is 0 Å². The topological polar surface area (TPSA) is 15.3 Å². The highest BCUT2D eigenvalue weighted by Gasteiger charge is 2.37. The quantitative estimate of drug-likeness (QED) is 0.677. The van der Waals surface area contributed by atoms with E-state index in [1.54, 1.807) is 4.90 Å². The van der Waals surface area contributed by atoms with Crippen molar-refractivity contribution in [1.82, 2.24) is 10.2 Å². The largest absolute Gasteiger partial charge is 0.416 e. The van der Waals surface area contributed by atoms with Crippen molar-refractivity contribution in [1.29, 1.82) is 0 Å². The van der Waals surface area contributed by atoms with E-state index in [1.807, 2.05) is 0 Å². The second kappa shape index (κ2) is 7.24. The van der Waals surface area contributed by atoms with Crippen molar-refractivity contribution in [3.63, 3.8) is 0 Å². The fourth-order valence-electron chi connectivity index (χ4n) is 2.49. The number of benzene rings is 1. The van der Waals surface area contributed by atoms with Crippen molar-refractivity contribution in [3.05, 3.63) is 47.8 Å². The van der Waals surface area contributed by atoms with Gasteiger partial charge in [-0.1, -0.05) is 12.1 Å². The molecule has 1 heterocycles. The van der Waals surface area contributed by atoms with Gasteiger partial charge >= 0.3 is 6.18 Å². The molecule has 0 unspecified atom stereocenters. The minimum atomic E-state index is -4.58. The lowest BCUT2D eigenvalue weighted by molar-refractivity contribution is -0.138. The molecule has 2 nitrogen and oxygen atoms in total. The van der Waals surface area contributed by atoms with Crippen LogP contribution in [0.25, 0.3) is 0 Å². The van der Waals surface area contributed by atoms with Crippen molar-refractivity contribution in [3.8, 4) is 0 Å². The van der Waals surface area contributed by atoms with Gasteiger partial charge in [0.1, 0.15) is 5.82 Å². The summed E-state index contributed by atoms with van der Waals surface area (Å²) in [5.74, 6) is -0.844. The summed E-state index contributed by atoms with van der Waals surface area (Å²) >= 11 is 0. The summed E-state index contributed by atoms with van der Waals surface area (Å²) < 4.78 is 53.2. The number of nitrogens with one attached hydrogen (secondary N) is 1. The van der Waals surface area contributed by atoms with Gasteiger partial charge in [-0.2, -0.15) is 13.2 Å². The van der Waals surface area contributed by atoms with Crippen molar-refractivity contribution in [2.24, 2.45) is 0 Å². The molecular formula is C14H17ClF4N2. The van der Waals surface area contributed by atoms with Gasteiger partial charge in [0, 0.05) is 31.7 Å². The van der Waals surface area contributed by atoms with Gasteiger partial charge in [-0.15, -0.1) is 19.0 Å². The Morgan fingerprint density at radius 3 is 2.38 bits per heavy atom. The predicted molar refractivity (Wildman–Crippen MR) is 76.0 cm³/mol. The van der Waals surface area contributed by atoms with Crippen LogP contribution in [0, 0.1) is 5.82 Å². The van der Waals surface area contributed by atoms with Gasteiger partial charge in [-0.25, -0.2) is 4.39 Å². The lowest BCUT2D eigenvalue weighted by atomic mass is 9.97. The molecule has 0 radical (unpaired) electrons. The highest BCUT2D eigenvalue weighted by molar-refractivity contribution is 5.85. The standard InChI is InChI=1S/C14H16F4N2.ClH/c1-2-12(20-8-6-19-7-9-20)13-10(14(16,17)18)4-3-5-11(13)15;/h2-5,12,19H,1,6-9H2;1H/t12-;/m1./s1. The van der Waals surface area contributed by atoms with Crippen LogP contribution in [0.1, 0.15) is 17.2 Å². The Morgan fingerprint density at radius 2 is 1.86 bits per heavy atom. The normalized spacial score (nSPS) is 17.9. The summed E-state index contributed by atoms with van der Waals surface area (Å²) in [4.78, 5) is 1.80. The van der Waals surface area contributed by atoms with Crippen LogP contribution in [-0.4, -0.2) is 31.1 Å². The molecular weight excluding hydrogens is 308 g/mol. The van der Waals surface area contributed by atoms with Crippen LogP contribution < -0.4 is 5.32 Å². The molecule has 0 amide bonds. The van der Waals surface area contributed by atoms with Gasteiger partial charge < -0.3 is 5.32 Å². The number of alkyl halides is 3. The number of hydrogen-bond acceptors (Lipinski definition) is 2. The van der Waals surface area contributed by atoms with Crippen LogP contribution in [0.4, 0.5) is 17.6 Å². The molecule has 21 heavy (non-hydrogen) atoms. The molecule has 1 aliphatic heterocycles. The molecule has 1 aliphatic rings. The SMILES string of the molecule is C=C[C@H](c1c(F)cccc1C(F)(F)F)N1CCNCC1.Cl. The lowest BCUT2D eigenvalue weighted by Gasteiger charge is -2.34. The van der Waals surface area contributed by atoms with Crippen LogP contribution >= 0.6 is 12.4 Å². The Bertz CT molecular complexity index is 484. The maximum Gasteiger partial charge on any atom is 0.416 e. The van der Waals surface area contributed by atoms with Crippen LogP contribution in [0.3, 0.4) is 0 Å². The first-order valence-corrected chi connectivity index (χ1v) is 6.38. The Kier molecular flexibility index (Phi) is 6.19. The van der Waals surface area contributed by atoms with Crippen LogP contribution in [-0.2, 0) is 6.18 Å². The van der Waals surface area contributed by atoms with E-state index in [2.05, 4.69) is 11.9 Å². The van der Waals surface area contributed by atoms with Crippen LogP contribution in [0.2, 0.25) is 0 Å². The molecule has 0 bridgehead atoms. The summed E-state index contributed by atoms with van der Waals surface area (Å²) in [5.41, 5.74) is -1.27. The van der Waals surface area contributed by atoms with Crippen molar-refractivity contribution >= 4 is 12.4 Å². The molecule has 0 aliphatic carbocycles. The summed E-state index contributed by atoms with van der Waals surface area (Å²) in [6.45, 7) is 6.03. The summed E-state index contributed by atoms with van der Waals surface area (Å²) in [7, 11) is 0. The van der Waals surface area contributed by atoms with E-state index in [0.29, 0.717) is 26.2 Å². The zero-order chi connectivity index (χ0) is 14.8. The van der Waals surface area contributed by atoms with E-state index in [4.69, 9.17) is 0 Å². The summed E-state index contributed by atoms with van der Waals surface area (Å²) in [6.07, 6.45) is -3.20. The molecule has 118 valence electrons. The molecule has 1 aromatic rings. The third-order valence-corrected chi connectivity index (χ3v) is 3.42. The van der Waals surface area contributed by atoms with E-state index < -0.39 is 23.6 Å². The minimum Gasteiger partial charge on any atom is -0.314 e. The molecule has 0 saturated carbocycles. The fraction of sp³-hybridized carbons (Fsp3) is 0.429. The molecule has 2 rings (SSSR count). The average Bonchev–Trinajstić information content (AvgIpc) is 2.41. The van der Waals surface area contributed by atoms with Gasteiger partial charge in [0.2, 0.25) is 0 Å². The molecule has 1 N–H and O–H groups in total. The number of hydrogen-bond donors (Lipinski definition) is 1. The van der Waals surface area contributed by atoms with Crippen molar-refractivity contribution in [2.75, 3.05) is 26.2 Å². The molecule has 1 fully saturated rings. The summed E-state index contributed by atoms with van der Waals surface area (Å²) in [6, 6.07) is 2.29. The first-order chi connectivity index (χ1) is 9.45. The molecule has 1 saturated heterocycles. The zero-order valence-electron chi connectivity index (χ0n) is 11.3. The molecule has 1 atom stereocenters. The maximum atomic E-state index is 14.0. The predicted octanol–water partition coefficient (Wildman–Crippen LogP) is 3.40. The molecule has 7 heteroatoms. The Labute approximate surface area is 127 Å². The van der Waals surface area contributed by atoms with E-state index in [0.717, 1.165) is 18.2 Å². The molecule has 1 aromatic carbocycles. The molecule has 0 aromatic heterocycles. The average molecular weight is 325 g/mol. The number of rotatable bonds is 3. The lowest BCUT2D eigenvalue weighted by Crippen LogP contribution is -2.45. The number of halogens is 5. The van der Waals surface area contributed by atoms with Gasteiger partial charge in [0.15, 0.2) is 0 Å². The van der Waals surface area contributed by atoms with Crippen molar-refractivity contribution < 1.29 is 17.6 Å². The monoisotopic (exact) mass is 324 g/mol.